The standard InChI is InChI=1S/C12H15N5O2/c1-8-3-4-10(9(2)5-8)19-7-14-12(18)16-11-13-6-15-17-11/h3-6H,7H2,1-2H3,(H3,13,14,15,16,17,18). The van der Waals surface area contributed by atoms with Gasteiger partial charge in [0, 0.05) is 0 Å². The van der Waals surface area contributed by atoms with Crippen molar-refractivity contribution in [1.82, 2.24) is 20.5 Å². The number of H-pyrrole nitrogens is 1. The lowest BCUT2D eigenvalue weighted by atomic mass is 10.1. The minimum atomic E-state index is -0.415. The first-order valence-electron chi connectivity index (χ1n) is 5.75. The zero-order chi connectivity index (χ0) is 13.7. The Balaban J connectivity index is 1.78. The fraction of sp³-hybridized carbons (Fsp3) is 0.250. The number of aryl methyl sites for hydroxylation is 2. The maximum absolute atomic E-state index is 11.4. The quantitative estimate of drug-likeness (QED) is 0.728. The van der Waals surface area contributed by atoms with Crippen LogP contribution in [0.2, 0.25) is 0 Å². The van der Waals surface area contributed by atoms with E-state index in [1.807, 2.05) is 32.0 Å². The van der Waals surface area contributed by atoms with Gasteiger partial charge >= 0.3 is 6.03 Å². The Labute approximate surface area is 110 Å². The summed E-state index contributed by atoms with van der Waals surface area (Å²) in [7, 11) is 0. The van der Waals surface area contributed by atoms with E-state index >= 15 is 0 Å². The number of nitrogens with zero attached hydrogens (tertiary/aromatic N) is 2. The molecule has 1 heterocycles. The highest BCUT2D eigenvalue weighted by Crippen LogP contribution is 2.18. The highest BCUT2D eigenvalue weighted by atomic mass is 16.5. The van der Waals surface area contributed by atoms with Gasteiger partial charge in [0.25, 0.3) is 0 Å². The molecule has 7 heteroatoms. The van der Waals surface area contributed by atoms with Crippen molar-refractivity contribution in [2.24, 2.45) is 0 Å². The summed E-state index contributed by atoms with van der Waals surface area (Å²) in [5.41, 5.74) is 2.19. The highest BCUT2D eigenvalue weighted by Gasteiger charge is 2.04. The number of benzene rings is 1. The second-order valence-electron chi connectivity index (χ2n) is 4.02. The van der Waals surface area contributed by atoms with Crippen LogP contribution < -0.4 is 15.4 Å². The Morgan fingerprint density at radius 3 is 2.95 bits per heavy atom. The Hall–Kier alpha value is -2.57. The molecule has 2 rings (SSSR count). The fourth-order valence-electron chi connectivity index (χ4n) is 1.56. The molecular formula is C12H15N5O2. The number of amides is 2. The molecule has 0 aliphatic heterocycles. The van der Waals surface area contributed by atoms with Gasteiger partial charge in [-0.05, 0) is 25.5 Å². The maximum Gasteiger partial charge on any atom is 0.324 e. The van der Waals surface area contributed by atoms with Gasteiger partial charge in [-0.2, -0.15) is 10.1 Å². The van der Waals surface area contributed by atoms with Gasteiger partial charge < -0.3 is 10.1 Å². The molecule has 0 saturated carbocycles. The third-order valence-corrected chi connectivity index (χ3v) is 2.44. The molecule has 0 atom stereocenters. The van der Waals surface area contributed by atoms with E-state index in [1.54, 1.807) is 0 Å². The lowest BCUT2D eigenvalue weighted by Crippen LogP contribution is -2.32. The summed E-state index contributed by atoms with van der Waals surface area (Å²) in [5, 5.41) is 11.2. The van der Waals surface area contributed by atoms with Crippen molar-refractivity contribution >= 4 is 12.0 Å². The Kier molecular flexibility index (Phi) is 3.97. The smallest absolute Gasteiger partial charge is 0.324 e. The van der Waals surface area contributed by atoms with Crippen molar-refractivity contribution < 1.29 is 9.53 Å². The van der Waals surface area contributed by atoms with Crippen LogP contribution in [0.25, 0.3) is 0 Å². The summed E-state index contributed by atoms with van der Waals surface area (Å²) >= 11 is 0. The molecular weight excluding hydrogens is 246 g/mol. The van der Waals surface area contributed by atoms with Gasteiger partial charge in [-0.3, -0.25) is 5.32 Å². The molecule has 2 aromatic rings. The van der Waals surface area contributed by atoms with Crippen LogP contribution in [0.4, 0.5) is 10.7 Å². The predicted octanol–water partition coefficient (Wildman–Crippen LogP) is 1.58. The van der Waals surface area contributed by atoms with E-state index in [2.05, 4.69) is 25.8 Å². The van der Waals surface area contributed by atoms with E-state index in [1.165, 1.54) is 11.9 Å². The molecule has 100 valence electrons. The van der Waals surface area contributed by atoms with Crippen molar-refractivity contribution in [3.63, 3.8) is 0 Å². The monoisotopic (exact) mass is 261 g/mol. The van der Waals surface area contributed by atoms with Gasteiger partial charge in [-0.1, -0.05) is 17.7 Å². The molecule has 0 spiro atoms. The summed E-state index contributed by atoms with van der Waals surface area (Å²) in [6, 6.07) is 5.43. The topological polar surface area (TPSA) is 91.9 Å². The summed E-state index contributed by atoms with van der Waals surface area (Å²) in [4.78, 5) is 15.2. The zero-order valence-electron chi connectivity index (χ0n) is 10.7. The Morgan fingerprint density at radius 1 is 1.42 bits per heavy atom. The number of carbonyl (C=O) groups is 1. The number of aromatic amines is 1. The van der Waals surface area contributed by atoms with Crippen LogP contribution in [0.15, 0.2) is 24.5 Å². The average molecular weight is 261 g/mol. The van der Waals surface area contributed by atoms with E-state index in [4.69, 9.17) is 4.74 Å². The van der Waals surface area contributed by atoms with Crippen LogP contribution in [0.1, 0.15) is 11.1 Å². The summed E-state index contributed by atoms with van der Waals surface area (Å²) in [6.45, 7) is 4.04. The number of ether oxygens (including phenoxy) is 1. The number of hydrogen-bond donors (Lipinski definition) is 3. The molecule has 0 fully saturated rings. The largest absolute Gasteiger partial charge is 0.473 e. The normalized spacial score (nSPS) is 10.0. The first kappa shape index (κ1) is 12.9. The van der Waals surface area contributed by atoms with E-state index in [0.717, 1.165) is 11.3 Å². The minimum Gasteiger partial charge on any atom is -0.473 e. The molecule has 0 radical (unpaired) electrons. The van der Waals surface area contributed by atoms with Gasteiger partial charge in [-0.25, -0.2) is 9.89 Å². The predicted molar refractivity (Wildman–Crippen MR) is 69.9 cm³/mol. The van der Waals surface area contributed by atoms with Crippen LogP contribution in [-0.4, -0.2) is 27.9 Å². The SMILES string of the molecule is Cc1ccc(OCNC(=O)Nc2ncn[nH]2)c(C)c1. The van der Waals surface area contributed by atoms with E-state index in [9.17, 15) is 4.79 Å². The molecule has 0 bridgehead atoms. The number of aromatic nitrogens is 3. The van der Waals surface area contributed by atoms with Crippen molar-refractivity contribution in [2.45, 2.75) is 13.8 Å². The van der Waals surface area contributed by atoms with Gasteiger partial charge in [0.15, 0.2) is 6.73 Å². The summed E-state index contributed by atoms with van der Waals surface area (Å²) < 4.78 is 5.46. The van der Waals surface area contributed by atoms with E-state index in [-0.39, 0.29) is 12.7 Å². The Morgan fingerprint density at radius 2 is 2.26 bits per heavy atom. The van der Waals surface area contributed by atoms with Crippen molar-refractivity contribution in [3.8, 4) is 5.75 Å². The van der Waals surface area contributed by atoms with Crippen LogP contribution in [0, 0.1) is 13.8 Å². The van der Waals surface area contributed by atoms with Crippen molar-refractivity contribution in [3.05, 3.63) is 35.7 Å². The Bertz CT molecular complexity index is 553. The third-order valence-electron chi connectivity index (χ3n) is 2.44. The molecule has 1 aromatic heterocycles. The first-order valence-corrected chi connectivity index (χ1v) is 5.75. The van der Waals surface area contributed by atoms with Gasteiger partial charge in [-0.15, -0.1) is 0 Å². The van der Waals surface area contributed by atoms with Gasteiger partial charge in [0.05, 0.1) is 0 Å². The average Bonchev–Trinajstić information content (AvgIpc) is 2.84. The van der Waals surface area contributed by atoms with Gasteiger partial charge in [0.1, 0.15) is 12.1 Å². The minimum absolute atomic E-state index is 0.0733. The fourth-order valence-corrected chi connectivity index (χ4v) is 1.56. The van der Waals surface area contributed by atoms with Crippen molar-refractivity contribution in [2.75, 3.05) is 12.0 Å². The molecule has 7 nitrogen and oxygen atoms in total. The molecule has 2 amide bonds. The highest BCUT2D eigenvalue weighted by molar-refractivity contribution is 5.87. The second kappa shape index (κ2) is 5.85. The van der Waals surface area contributed by atoms with E-state index < -0.39 is 6.03 Å². The number of hydrogen-bond acceptors (Lipinski definition) is 4. The van der Waals surface area contributed by atoms with Crippen LogP contribution in [0.5, 0.6) is 5.75 Å². The lowest BCUT2D eigenvalue weighted by Gasteiger charge is -2.10. The molecule has 1 aromatic carbocycles. The zero-order valence-corrected chi connectivity index (χ0v) is 10.7. The number of nitrogens with one attached hydrogen (secondary N) is 3. The second-order valence-corrected chi connectivity index (χ2v) is 4.02. The summed E-state index contributed by atoms with van der Waals surface area (Å²) in [5.74, 6) is 1.02. The molecule has 3 N–H and O–H groups in total. The van der Waals surface area contributed by atoms with Crippen LogP contribution >= 0.6 is 0 Å². The number of carbonyl (C=O) groups excluding carboxylic acids is 1. The van der Waals surface area contributed by atoms with Crippen LogP contribution in [-0.2, 0) is 0 Å². The molecule has 0 aliphatic rings. The van der Waals surface area contributed by atoms with Crippen LogP contribution in [0.3, 0.4) is 0 Å². The van der Waals surface area contributed by atoms with Gasteiger partial charge in [0.2, 0.25) is 5.95 Å². The molecule has 0 aliphatic carbocycles. The number of urea groups is 1. The molecule has 0 saturated heterocycles. The molecule has 19 heavy (non-hydrogen) atoms. The summed E-state index contributed by atoms with van der Waals surface area (Å²) in [6.07, 6.45) is 1.31. The first-order chi connectivity index (χ1) is 9.15. The van der Waals surface area contributed by atoms with E-state index in [0.29, 0.717) is 0 Å². The molecule has 0 unspecified atom stereocenters. The number of rotatable bonds is 4. The maximum atomic E-state index is 11.4. The number of anilines is 1. The third kappa shape index (κ3) is 3.70. The lowest BCUT2D eigenvalue weighted by molar-refractivity contribution is 0.234. The van der Waals surface area contributed by atoms with Crippen molar-refractivity contribution in [1.29, 1.82) is 0 Å².